The molecule has 3 heterocycles. The van der Waals surface area contributed by atoms with E-state index >= 15 is 0 Å². The van der Waals surface area contributed by atoms with Crippen molar-refractivity contribution in [2.45, 2.75) is 37.4 Å². The van der Waals surface area contributed by atoms with E-state index in [1.807, 2.05) is 34.7 Å². The fraction of sp³-hybridized carbons (Fsp3) is 0.300. The number of primary amides is 1. The maximum Gasteiger partial charge on any atom is 0.264 e. The standard InChI is InChI=1S/C20H19N5O2S2/c21-15(26)11-28-20-23-22-19-24(10-12-6-2-1-3-7-12)17(27)16-13-8-4-5-9-14(13)29-18(16)25(19)20/h1-3,6-7H,4-5,8-11H2,(H2,21,26). The Labute approximate surface area is 174 Å². The number of aryl methyl sites for hydroxylation is 2. The number of nitrogens with zero attached hydrogens (tertiary/aromatic N) is 4. The molecule has 1 amide bonds. The molecular formula is C20H19N5O2S2. The lowest BCUT2D eigenvalue weighted by atomic mass is 9.97. The Morgan fingerprint density at radius 3 is 2.76 bits per heavy atom. The summed E-state index contributed by atoms with van der Waals surface area (Å²) in [7, 11) is 0. The number of hydrogen-bond donors (Lipinski definition) is 1. The summed E-state index contributed by atoms with van der Waals surface area (Å²) in [6.45, 7) is 0.419. The van der Waals surface area contributed by atoms with Gasteiger partial charge >= 0.3 is 0 Å². The van der Waals surface area contributed by atoms with Crippen LogP contribution in [0.5, 0.6) is 0 Å². The Bertz CT molecular complexity index is 1290. The van der Waals surface area contributed by atoms with Gasteiger partial charge in [-0.2, -0.15) is 0 Å². The number of rotatable bonds is 5. The number of aromatic nitrogens is 4. The van der Waals surface area contributed by atoms with E-state index in [0.29, 0.717) is 17.5 Å². The Morgan fingerprint density at radius 2 is 1.97 bits per heavy atom. The van der Waals surface area contributed by atoms with Gasteiger partial charge in [-0.1, -0.05) is 42.1 Å². The second-order valence-electron chi connectivity index (χ2n) is 7.14. The van der Waals surface area contributed by atoms with Crippen LogP contribution in [0, 0.1) is 0 Å². The van der Waals surface area contributed by atoms with Crippen molar-refractivity contribution in [1.29, 1.82) is 0 Å². The van der Waals surface area contributed by atoms with Crippen LogP contribution in [0.25, 0.3) is 16.0 Å². The maximum absolute atomic E-state index is 13.6. The third-order valence-corrected chi connectivity index (χ3v) is 7.43. The second-order valence-corrected chi connectivity index (χ2v) is 9.17. The number of nitrogens with two attached hydrogens (primary N) is 1. The van der Waals surface area contributed by atoms with E-state index < -0.39 is 5.91 Å². The summed E-state index contributed by atoms with van der Waals surface area (Å²) in [4.78, 5) is 27.0. The van der Waals surface area contributed by atoms with Crippen molar-refractivity contribution >= 4 is 45.0 Å². The van der Waals surface area contributed by atoms with Gasteiger partial charge in [-0.05, 0) is 36.8 Å². The Morgan fingerprint density at radius 1 is 1.17 bits per heavy atom. The van der Waals surface area contributed by atoms with Crippen molar-refractivity contribution in [2.24, 2.45) is 5.73 Å². The van der Waals surface area contributed by atoms with E-state index in [1.54, 1.807) is 15.9 Å². The van der Waals surface area contributed by atoms with Crippen molar-refractivity contribution in [3.05, 3.63) is 56.7 Å². The van der Waals surface area contributed by atoms with Gasteiger partial charge in [0, 0.05) is 4.88 Å². The first-order valence-electron chi connectivity index (χ1n) is 9.50. The van der Waals surface area contributed by atoms with E-state index in [2.05, 4.69) is 10.2 Å². The lowest BCUT2D eigenvalue weighted by Crippen LogP contribution is -2.24. The molecule has 0 fully saturated rings. The molecule has 0 aliphatic heterocycles. The van der Waals surface area contributed by atoms with Crippen LogP contribution in [0.2, 0.25) is 0 Å². The molecule has 29 heavy (non-hydrogen) atoms. The fourth-order valence-corrected chi connectivity index (χ4v) is 6.02. The molecule has 9 heteroatoms. The summed E-state index contributed by atoms with van der Waals surface area (Å²) in [5.74, 6) is 0.202. The van der Waals surface area contributed by atoms with Crippen LogP contribution in [-0.2, 0) is 24.2 Å². The van der Waals surface area contributed by atoms with Crippen molar-refractivity contribution < 1.29 is 4.79 Å². The highest BCUT2D eigenvalue weighted by atomic mass is 32.2. The lowest BCUT2D eigenvalue weighted by Gasteiger charge is -2.12. The molecule has 1 aliphatic rings. The van der Waals surface area contributed by atoms with Gasteiger partial charge in [0.05, 0.1) is 17.7 Å². The number of benzene rings is 1. The van der Waals surface area contributed by atoms with Crippen LogP contribution in [0.15, 0.2) is 40.3 Å². The number of fused-ring (bicyclic) bond motifs is 5. The first-order chi connectivity index (χ1) is 14.1. The van der Waals surface area contributed by atoms with Crippen LogP contribution >= 0.6 is 23.1 Å². The molecule has 1 aliphatic carbocycles. The average Bonchev–Trinajstić information content (AvgIpc) is 3.31. The molecular weight excluding hydrogens is 406 g/mol. The molecule has 0 saturated carbocycles. The molecule has 0 bridgehead atoms. The Hall–Kier alpha value is -2.65. The topological polar surface area (TPSA) is 95.3 Å². The van der Waals surface area contributed by atoms with Crippen LogP contribution in [0.3, 0.4) is 0 Å². The van der Waals surface area contributed by atoms with Gasteiger partial charge in [-0.3, -0.25) is 14.2 Å². The minimum Gasteiger partial charge on any atom is -0.369 e. The third kappa shape index (κ3) is 3.14. The minimum atomic E-state index is -0.411. The molecule has 4 aromatic rings. The van der Waals surface area contributed by atoms with E-state index in [-0.39, 0.29) is 11.3 Å². The molecule has 3 aromatic heterocycles. The average molecular weight is 426 g/mol. The van der Waals surface area contributed by atoms with Crippen molar-refractivity contribution in [1.82, 2.24) is 19.2 Å². The number of hydrogen-bond acceptors (Lipinski definition) is 6. The van der Waals surface area contributed by atoms with Gasteiger partial charge in [0.2, 0.25) is 11.7 Å². The number of amides is 1. The lowest BCUT2D eigenvalue weighted by molar-refractivity contribution is -0.115. The van der Waals surface area contributed by atoms with E-state index in [0.717, 1.165) is 41.5 Å². The fourth-order valence-electron chi connectivity index (χ4n) is 3.91. The largest absolute Gasteiger partial charge is 0.369 e. The molecule has 0 atom stereocenters. The SMILES string of the molecule is NC(=O)CSc1nnc2n(Cc3ccccc3)c(=O)c3c4c(sc3n12)CCCC4. The molecule has 0 radical (unpaired) electrons. The highest BCUT2D eigenvalue weighted by Crippen LogP contribution is 2.36. The monoisotopic (exact) mass is 425 g/mol. The number of carbonyl (C=O) groups excluding carboxylic acids is 1. The van der Waals surface area contributed by atoms with Crippen LogP contribution in [0.1, 0.15) is 28.8 Å². The van der Waals surface area contributed by atoms with Crippen molar-refractivity contribution in [3.8, 4) is 0 Å². The molecule has 5 rings (SSSR count). The molecule has 7 nitrogen and oxygen atoms in total. The quantitative estimate of drug-likeness (QED) is 0.496. The highest BCUT2D eigenvalue weighted by molar-refractivity contribution is 7.99. The summed E-state index contributed by atoms with van der Waals surface area (Å²) < 4.78 is 3.62. The van der Waals surface area contributed by atoms with Gasteiger partial charge in [0.1, 0.15) is 4.83 Å². The maximum atomic E-state index is 13.6. The smallest absolute Gasteiger partial charge is 0.264 e. The first kappa shape index (κ1) is 18.4. The van der Waals surface area contributed by atoms with Gasteiger partial charge in [0.25, 0.3) is 5.56 Å². The summed E-state index contributed by atoms with van der Waals surface area (Å²) in [5.41, 5.74) is 7.51. The van der Waals surface area contributed by atoms with Crippen LogP contribution in [-0.4, -0.2) is 30.8 Å². The minimum absolute atomic E-state index is 0.0189. The summed E-state index contributed by atoms with van der Waals surface area (Å²) in [6.07, 6.45) is 4.17. The van der Waals surface area contributed by atoms with Gasteiger partial charge in [-0.25, -0.2) is 4.40 Å². The normalized spacial score (nSPS) is 13.8. The zero-order chi connectivity index (χ0) is 20.0. The van der Waals surface area contributed by atoms with E-state index in [4.69, 9.17) is 5.73 Å². The summed E-state index contributed by atoms with van der Waals surface area (Å²) in [6, 6.07) is 9.86. The first-order valence-corrected chi connectivity index (χ1v) is 11.3. The zero-order valence-electron chi connectivity index (χ0n) is 15.6. The molecule has 0 spiro atoms. The summed E-state index contributed by atoms with van der Waals surface area (Å²) >= 11 is 2.90. The molecule has 1 aromatic carbocycles. The van der Waals surface area contributed by atoms with Crippen LogP contribution < -0.4 is 11.3 Å². The zero-order valence-corrected chi connectivity index (χ0v) is 17.3. The Balaban J connectivity index is 1.79. The Kier molecular flexibility index (Phi) is 4.63. The molecule has 0 unspecified atom stereocenters. The molecule has 2 N–H and O–H groups in total. The van der Waals surface area contributed by atoms with Gasteiger partial charge in [0.15, 0.2) is 5.16 Å². The molecule has 148 valence electrons. The van der Waals surface area contributed by atoms with Crippen molar-refractivity contribution in [3.63, 3.8) is 0 Å². The predicted octanol–water partition coefficient (Wildman–Crippen LogP) is 2.61. The third-order valence-electron chi connectivity index (χ3n) is 5.20. The van der Waals surface area contributed by atoms with Gasteiger partial charge in [-0.15, -0.1) is 21.5 Å². The number of thiophene rings is 1. The second kappa shape index (κ2) is 7.31. The molecule has 0 saturated heterocycles. The van der Waals surface area contributed by atoms with Crippen molar-refractivity contribution in [2.75, 3.05) is 5.75 Å². The van der Waals surface area contributed by atoms with E-state index in [9.17, 15) is 9.59 Å². The number of thioether (sulfide) groups is 1. The highest BCUT2D eigenvalue weighted by Gasteiger charge is 2.25. The van der Waals surface area contributed by atoms with E-state index in [1.165, 1.54) is 22.2 Å². The summed E-state index contributed by atoms with van der Waals surface area (Å²) in [5, 5.41) is 9.96. The van der Waals surface area contributed by atoms with Crippen LogP contribution in [0.4, 0.5) is 0 Å². The number of carbonyl (C=O) groups is 1. The predicted molar refractivity (Wildman–Crippen MR) is 115 cm³/mol. The van der Waals surface area contributed by atoms with Gasteiger partial charge < -0.3 is 5.73 Å².